The molecule has 2 rings (SSSR count). The van der Waals surface area contributed by atoms with Gasteiger partial charge in [0.15, 0.2) is 0 Å². The normalized spacial score (nSPS) is 9.55. The lowest BCUT2D eigenvalue weighted by Gasteiger charge is -2.02. The van der Waals surface area contributed by atoms with Gasteiger partial charge in [-0.1, -0.05) is 18.8 Å². The number of hydrogen-bond acceptors (Lipinski definition) is 3. The van der Waals surface area contributed by atoms with E-state index < -0.39 is 0 Å². The average Bonchev–Trinajstić information content (AvgIpc) is 2.55. The topological polar surface area (TPSA) is 35.5 Å². The van der Waals surface area contributed by atoms with Crippen LogP contribution in [-0.2, 0) is 4.79 Å². The predicted molar refractivity (Wildman–Crippen MR) is 86.0 cm³/mol. The standard InChI is InChI=1S/C19H18O3/c1-3-4-19(20)22-18-13-9-16(10-14-18)6-5-15-7-11-17(21-2)12-8-15/h7-14H,3-4H2,1-2H3. The van der Waals surface area contributed by atoms with Crippen molar-refractivity contribution in [3.63, 3.8) is 0 Å². The van der Waals surface area contributed by atoms with Crippen LogP contribution in [0.1, 0.15) is 30.9 Å². The molecule has 0 atom stereocenters. The molecular weight excluding hydrogens is 276 g/mol. The highest BCUT2D eigenvalue weighted by Gasteiger charge is 2.02. The van der Waals surface area contributed by atoms with Gasteiger partial charge in [0.1, 0.15) is 11.5 Å². The van der Waals surface area contributed by atoms with Crippen molar-refractivity contribution in [2.45, 2.75) is 19.8 Å². The fourth-order valence-corrected chi connectivity index (χ4v) is 1.81. The molecule has 0 bridgehead atoms. The van der Waals surface area contributed by atoms with Gasteiger partial charge in [0.25, 0.3) is 0 Å². The lowest BCUT2D eigenvalue weighted by Crippen LogP contribution is -2.06. The first-order chi connectivity index (χ1) is 10.7. The van der Waals surface area contributed by atoms with Crippen molar-refractivity contribution in [3.8, 4) is 23.3 Å². The van der Waals surface area contributed by atoms with E-state index >= 15 is 0 Å². The minimum atomic E-state index is -0.209. The second-order valence-corrected chi connectivity index (χ2v) is 4.73. The van der Waals surface area contributed by atoms with Crippen molar-refractivity contribution >= 4 is 5.97 Å². The molecule has 0 radical (unpaired) electrons. The highest BCUT2D eigenvalue weighted by Crippen LogP contribution is 2.13. The molecule has 0 fully saturated rings. The number of benzene rings is 2. The maximum atomic E-state index is 11.4. The molecule has 22 heavy (non-hydrogen) atoms. The number of carbonyl (C=O) groups is 1. The Morgan fingerprint density at radius 3 is 1.86 bits per heavy atom. The Morgan fingerprint density at radius 2 is 1.41 bits per heavy atom. The Labute approximate surface area is 130 Å². The zero-order chi connectivity index (χ0) is 15.8. The van der Waals surface area contributed by atoms with Crippen LogP contribution in [0.5, 0.6) is 11.5 Å². The first-order valence-electron chi connectivity index (χ1n) is 7.18. The third kappa shape index (κ3) is 4.68. The van der Waals surface area contributed by atoms with Crippen molar-refractivity contribution in [3.05, 3.63) is 59.7 Å². The molecule has 0 spiro atoms. The molecular formula is C19H18O3. The number of rotatable bonds is 4. The van der Waals surface area contributed by atoms with Crippen LogP contribution in [0.2, 0.25) is 0 Å². The largest absolute Gasteiger partial charge is 0.497 e. The lowest BCUT2D eigenvalue weighted by molar-refractivity contribution is -0.134. The number of carbonyl (C=O) groups excluding carboxylic acids is 1. The molecule has 0 heterocycles. The van der Waals surface area contributed by atoms with Gasteiger partial charge in [0, 0.05) is 17.5 Å². The third-order valence-corrected chi connectivity index (χ3v) is 2.98. The van der Waals surface area contributed by atoms with E-state index in [0.717, 1.165) is 23.3 Å². The van der Waals surface area contributed by atoms with Crippen molar-refractivity contribution in [1.29, 1.82) is 0 Å². The van der Waals surface area contributed by atoms with Gasteiger partial charge in [-0.3, -0.25) is 4.79 Å². The van der Waals surface area contributed by atoms with Crippen molar-refractivity contribution in [2.75, 3.05) is 7.11 Å². The molecule has 0 saturated heterocycles. The molecule has 0 aliphatic rings. The summed E-state index contributed by atoms with van der Waals surface area (Å²) < 4.78 is 10.3. The molecule has 0 aliphatic carbocycles. The van der Waals surface area contributed by atoms with Gasteiger partial charge in [-0.15, -0.1) is 0 Å². The van der Waals surface area contributed by atoms with E-state index in [0.29, 0.717) is 12.2 Å². The van der Waals surface area contributed by atoms with E-state index in [4.69, 9.17) is 9.47 Å². The molecule has 0 N–H and O–H groups in total. The third-order valence-electron chi connectivity index (χ3n) is 2.98. The molecule has 2 aromatic rings. The van der Waals surface area contributed by atoms with Crippen LogP contribution in [-0.4, -0.2) is 13.1 Å². The summed E-state index contributed by atoms with van der Waals surface area (Å²) in [5.74, 6) is 7.30. The van der Waals surface area contributed by atoms with E-state index in [1.807, 2.05) is 43.3 Å². The van der Waals surface area contributed by atoms with E-state index in [2.05, 4.69) is 11.8 Å². The molecule has 2 aromatic carbocycles. The summed E-state index contributed by atoms with van der Waals surface area (Å²) in [6.45, 7) is 1.94. The van der Waals surface area contributed by atoms with E-state index in [1.165, 1.54) is 0 Å². The summed E-state index contributed by atoms with van der Waals surface area (Å²) in [5, 5.41) is 0. The Morgan fingerprint density at radius 1 is 0.909 bits per heavy atom. The van der Waals surface area contributed by atoms with Crippen molar-refractivity contribution in [2.24, 2.45) is 0 Å². The average molecular weight is 294 g/mol. The van der Waals surface area contributed by atoms with Gasteiger partial charge in [0.2, 0.25) is 0 Å². The van der Waals surface area contributed by atoms with Crippen LogP contribution in [0.15, 0.2) is 48.5 Å². The Kier molecular flexibility index (Phi) is 5.62. The molecule has 0 aliphatic heterocycles. The summed E-state index contributed by atoms with van der Waals surface area (Å²) in [5.41, 5.74) is 1.78. The molecule has 0 amide bonds. The van der Waals surface area contributed by atoms with Crippen LogP contribution in [0, 0.1) is 11.8 Å². The van der Waals surface area contributed by atoms with Crippen LogP contribution >= 0.6 is 0 Å². The molecule has 0 aromatic heterocycles. The minimum absolute atomic E-state index is 0.209. The fourth-order valence-electron chi connectivity index (χ4n) is 1.81. The highest BCUT2D eigenvalue weighted by molar-refractivity contribution is 5.72. The van der Waals surface area contributed by atoms with Gasteiger partial charge in [-0.25, -0.2) is 0 Å². The first-order valence-corrected chi connectivity index (χ1v) is 7.18. The maximum Gasteiger partial charge on any atom is 0.311 e. The van der Waals surface area contributed by atoms with Crippen molar-refractivity contribution in [1.82, 2.24) is 0 Å². The van der Waals surface area contributed by atoms with E-state index in [-0.39, 0.29) is 5.97 Å². The number of esters is 1. The van der Waals surface area contributed by atoms with Gasteiger partial charge in [-0.05, 0) is 55.0 Å². The van der Waals surface area contributed by atoms with Crippen LogP contribution < -0.4 is 9.47 Å². The molecule has 0 unspecified atom stereocenters. The number of ether oxygens (including phenoxy) is 2. The highest BCUT2D eigenvalue weighted by atomic mass is 16.5. The number of methoxy groups -OCH3 is 1. The van der Waals surface area contributed by atoms with Crippen LogP contribution in [0.25, 0.3) is 0 Å². The lowest BCUT2D eigenvalue weighted by atomic mass is 10.2. The second-order valence-electron chi connectivity index (χ2n) is 4.73. The predicted octanol–water partition coefficient (Wildman–Crippen LogP) is 3.80. The number of hydrogen-bond donors (Lipinski definition) is 0. The summed E-state index contributed by atoms with van der Waals surface area (Å²) in [7, 11) is 1.63. The summed E-state index contributed by atoms with van der Waals surface area (Å²) in [6, 6.07) is 14.8. The summed E-state index contributed by atoms with van der Waals surface area (Å²) in [4.78, 5) is 11.4. The van der Waals surface area contributed by atoms with Gasteiger partial charge in [0.05, 0.1) is 7.11 Å². The smallest absolute Gasteiger partial charge is 0.311 e. The van der Waals surface area contributed by atoms with Gasteiger partial charge >= 0.3 is 5.97 Å². The fraction of sp³-hybridized carbons (Fsp3) is 0.211. The quantitative estimate of drug-likeness (QED) is 0.489. The van der Waals surface area contributed by atoms with Crippen molar-refractivity contribution < 1.29 is 14.3 Å². The van der Waals surface area contributed by atoms with Crippen LogP contribution in [0.3, 0.4) is 0 Å². The maximum absolute atomic E-state index is 11.4. The van der Waals surface area contributed by atoms with Crippen LogP contribution in [0.4, 0.5) is 0 Å². The monoisotopic (exact) mass is 294 g/mol. The zero-order valence-corrected chi connectivity index (χ0v) is 12.8. The first kappa shape index (κ1) is 15.7. The molecule has 112 valence electrons. The van der Waals surface area contributed by atoms with E-state index in [1.54, 1.807) is 19.2 Å². The zero-order valence-electron chi connectivity index (χ0n) is 12.8. The Hall–Kier alpha value is -2.73. The Bertz CT molecular complexity index is 673. The van der Waals surface area contributed by atoms with E-state index in [9.17, 15) is 4.79 Å². The summed E-state index contributed by atoms with van der Waals surface area (Å²) in [6.07, 6.45) is 1.21. The van der Waals surface area contributed by atoms with Gasteiger partial charge < -0.3 is 9.47 Å². The van der Waals surface area contributed by atoms with Gasteiger partial charge in [-0.2, -0.15) is 0 Å². The minimum Gasteiger partial charge on any atom is -0.497 e. The molecule has 3 nitrogen and oxygen atoms in total. The SMILES string of the molecule is CCCC(=O)Oc1ccc(C#Cc2ccc(OC)cc2)cc1. The summed E-state index contributed by atoms with van der Waals surface area (Å²) >= 11 is 0. The molecule has 0 saturated carbocycles. The molecule has 3 heteroatoms. The Balaban J connectivity index is 2.02. The second kappa shape index (κ2) is 7.90.